The minimum Gasteiger partial charge on any atom is -0.357 e. The molecule has 0 aliphatic heterocycles. The van der Waals surface area contributed by atoms with Gasteiger partial charge in [0.15, 0.2) is 5.96 Å². The fraction of sp³-hybridized carbons (Fsp3) is 0.364. The summed E-state index contributed by atoms with van der Waals surface area (Å²) in [5, 5.41) is 8.95. The molecule has 0 bridgehead atoms. The van der Waals surface area contributed by atoms with E-state index in [2.05, 4.69) is 82.7 Å². The number of hydrogen-bond donors (Lipinski definition) is 2. The fourth-order valence-corrected chi connectivity index (χ4v) is 3.81. The van der Waals surface area contributed by atoms with Crippen LogP contribution in [0.3, 0.4) is 0 Å². The van der Waals surface area contributed by atoms with Gasteiger partial charge in [0.2, 0.25) is 0 Å². The van der Waals surface area contributed by atoms with Gasteiger partial charge in [0.05, 0.1) is 0 Å². The average molecular weight is 523 g/mol. The number of nitrogens with one attached hydrogen (secondary N) is 2. The maximum Gasteiger partial charge on any atom is 0.191 e. The van der Waals surface area contributed by atoms with Crippen LogP contribution >= 0.6 is 35.3 Å². The quantitative estimate of drug-likeness (QED) is 0.257. The summed E-state index contributed by atoms with van der Waals surface area (Å²) in [6.07, 6.45) is 3.85. The van der Waals surface area contributed by atoms with Crippen LogP contribution in [0.25, 0.3) is 0 Å². The maximum atomic E-state index is 4.76. The first-order valence-electron chi connectivity index (χ1n) is 9.68. The van der Waals surface area contributed by atoms with Gasteiger partial charge in [-0.25, -0.2) is 9.98 Å². The number of nitrogens with zero attached hydrogens (tertiary/aromatic N) is 3. The molecular weight excluding hydrogens is 493 g/mol. The highest BCUT2D eigenvalue weighted by molar-refractivity contribution is 14.0. The van der Waals surface area contributed by atoms with Crippen molar-refractivity contribution < 1.29 is 0 Å². The number of imidazole rings is 1. The number of halogens is 1. The molecule has 0 fully saturated rings. The summed E-state index contributed by atoms with van der Waals surface area (Å²) in [6.45, 7) is 9.57. The van der Waals surface area contributed by atoms with Crippen molar-refractivity contribution in [1.82, 2.24) is 20.2 Å². The van der Waals surface area contributed by atoms with Crippen LogP contribution in [-0.2, 0) is 18.5 Å². The van der Waals surface area contributed by atoms with E-state index in [1.807, 2.05) is 18.5 Å². The molecule has 29 heavy (non-hydrogen) atoms. The topological polar surface area (TPSA) is 54.2 Å². The van der Waals surface area contributed by atoms with E-state index in [9.17, 15) is 0 Å². The minimum absolute atomic E-state index is 0. The summed E-state index contributed by atoms with van der Waals surface area (Å²) in [5.41, 5.74) is 1.31. The molecular formula is C22H30IN5S. The third-order valence-corrected chi connectivity index (χ3v) is 5.84. The van der Waals surface area contributed by atoms with E-state index in [1.165, 1.54) is 10.4 Å². The second kappa shape index (κ2) is 11.3. The second-order valence-electron chi connectivity index (χ2n) is 7.37. The molecule has 2 heterocycles. The third kappa shape index (κ3) is 6.85. The molecule has 0 saturated heterocycles. The zero-order valence-electron chi connectivity index (χ0n) is 17.3. The molecule has 0 radical (unpaired) electrons. The van der Waals surface area contributed by atoms with Crippen molar-refractivity contribution in [3.63, 3.8) is 0 Å². The molecule has 0 spiro atoms. The Labute approximate surface area is 194 Å². The van der Waals surface area contributed by atoms with Crippen molar-refractivity contribution in [3.05, 3.63) is 76.5 Å². The van der Waals surface area contributed by atoms with Gasteiger partial charge >= 0.3 is 0 Å². The Hall–Kier alpha value is -1.87. The SMILES string of the molecule is CCNC(=NCc1nccn1Cc1ccccc1)NCC(C)(C)c1cccs1.I. The van der Waals surface area contributed by atoms with Gasteiger partial charge in [-0.05, 0) is 23.9 Å². The van der Waals surface area contributed by atoms with Crippen molar-refractivity contribution in [2.24, 2.45) is 4.99 Å². The summed E-state index contributed by atoms with van der Waals surface area (Å²) >= 11 is 1.80. The molecule has 0 unspecified atom stereocenters. The fourth-order valence-electron chi connectivity index (χ4n) is 2.96. The smallest absolute Gasteiger partial charge is 0.191 e. The Balaban J connectivity index is 0.00000300. The zero-order valence-corrected chi connectivity index (χ0v) is 20.4. The first-order chi connectivity index (χ1) is 13.6. The molecule has 1 aromatic carbocycles. The Morgan fingerprint density at radius 2 is 1.93 bits per heavy atom. The van der Waals surface area contributed by atoms with E-state index in [1.54, 1.807) is 11.3 Å². The van der Waals surface area contributed by atoms with Crippen molar-refractivity contribution in [3.8, 4) is 0 Å². The molecule has 2 aromatic heterocycles. The van der Waals surface area contributed by atoms with E-state index in [0.717, 1.165) is 31.4 Å². The summed E-state index contributed by atoms with van der Waals surface area (Å²) in [4.78, 5) is 10.6. The molecule has 0 aliphatic carbocycles. The van der Waals surface area contributed by atoms with Crippen LogP contribution in [0.15, 0.2) is 65.2 Å². The van der Waals surface area contributed by atoms with Crippen LogP contribution in [-0.4, -0.2) is 28.6 Å². The van der Waals surface area contributed by atoms with Gasteiger partial charge in [-0.1, -0.05) is 50.2 Å². The lowest BCUT2D eigenvalue weighted by Crippen LogP contribution is -2.43. The molecule has 0 saturated carbocycles. The second-order valence-corrected chi connectivity index (χ2v) is 8.31. The first-order valence-corrected chi connectivity index (χ1v) is 10.6. The largest absolute Gasteiger partial charge is 0.357 e. The minimum atomic E-state index is 0. The van der Waals surface area contributed by atoms with E-state index >= 15 is 0 Å². The van der Waals surface area contributed by atoms with E-state index in [0.29, 0.717) is 6.54 Å². The van der Waals surface area contributed by atoms with E-state index in [-0.39, 0.29) is 29.4 Å². The summed E-state index contributed by atoms with van der Waals surface area (Å²) in [6, 6.07) is 14.7. The third-order valence-electron chi connectivity index (χ3n) is 4.61. The molecule has 0 aliphatic rings. The lowest BCUT2D eigenvalue weighted by molar-refractivity contribution is 0.518. The molecule has 0 amide bonds. The number of thiophene rings is 1. The number of rotatable bonds is 8. The van der Waals surface area contributed by atoms with Gasteiger partial charge in [0, 0.05) is 42.3 Å². The monoisotopic (exact) mass is 523 g/mol. The highest BCUT2D eigenvalue weighted by Gasteiger charge is 2.21. The van der Waals surface area contributed by atoms with Gasteiger partial charge in [-0.15, -0.1) is 35.3 Å². The lowest BCUT2D eigenvalue weighted by atomic mass is 9.91. The van der Waals surface area contributed by atoms with Crippen LogP contribution in [0.1, 0.15) is 37.0 Å². The van der Waals surface area contributed by atoms with E-state index < -0.39 is 0 Å². The van der Waals surface area contributed by atoms with Gasteiger partial charge in [0.25, 0.3) is 0 Å². The standard InChI is InChI=1S/C22H29N5S.HI/c1-4-23-21(26-17-22(2,3)19-11-8-14-28-19)25-15-20-24-12-13-27(20)16-18-9-6-5-7-10-18;/h5-14H,4,15-17H2,1-3H3,(H2,23,25,26);1H. The van der Waals surface area contributed by atoms with E-state index in [4.69, 9.17) is 4.99 Å². The normalized spacial score (nSPS) is 11.8. The first kappa shape index (κ1) is 23.4. The Kier molecular flexibility index (Phi) is 9.16. The molecule has 3 rings (SSSR count). The van der Waals surface area contributed by atoms with Gasteiger partial charge < -0.3 is 15.2 Å². The Bertz CT molecular complexity index is 872. The highest BCUT2D eigenvalue weighted by Crippen LogP contribution is 2.26. The zero-order chi connectivity index (χ0) is 19.8. The molecule has 156 valence electrons. The van der Waals surface area contributed by atoms with Crippen LogP contribution in [0.4, 0.5) is 0 Å². The van der Waals surface area contributed by atoms with Gasteiger partial charge in [-0.2, -0.15) is 0 Å². The summed E-state index contributed by atoms with van der Waals surface area (Å²) < 4.78 is 2.15. The van der Waals surface area contributed by atoms with Crippen molar-refractivity contribution in [1.29, 1.82) is 0 Å². The van der Waals surface area contributed by atoms with Crippen molar-refractivity contribution in [2.45, 2.75) is 39.3 Å². The lowest BCUT2D eigenvalue weighted by Gasteiger charge is -2.25. The predicted octanol–water partition coefficient (Wildman–Crippen LogP) is 4.64. The van der Waals surface area contributed by atoms with Gasteiger partial charge in [-0.3, -0.25) is 0 Å². The average Bonchev–Trinajstić information content (AvgIpc) is 3.38. The Morgan fingerprint density at radius 3 is 2.62 bits per heavy atom. The van der Waals surface area contributed by atoms with Crippen molar-refractivity contribution >= 4 is 41.3 Å². The molecule has 3 aromatic rings. The van der Waals surface area contributed by atoms with Crippen LogP contribution < -0.4 is 10.6 Å². The number of benzene rings is 1. The number of aliphatic imine (C=N–C) groups is 1. The summed E-state index contributed by atoms with van der Waals surface area (Å²) in [5.74, 6) is 1.78. The molecule has 2 N–H and O–H groups in total. The number of aromatic nitrogens is 2. The maximum absolute atomic E-state index is 4.76. The summed E-state index contributed by atoms with van der Waals surface area (Å²) in [7, 11) is 0. The molecule has 5 nitrogen and oxygen atoms in total. The van der Waals surface area contributed by atoms with Crippen LogP contribution in [0, 0.1) is 0 Å². The molecule has 0 atom stereocenters. The van der Waals surface area contributed by atoms with Crippen molar-refractivity contribution in [2.75, 3.05) is 13.1 Å². The Morgan fingerprint density at radius 1 is 1.14 bits per heavy atom. The molecule has 7 heteroatoms. The highest BCUT2D eigenvalue weighted by atomic mass is 127. The van der Waals surface area contributed by atoms with Gasteiger partial charge in [0.1, 0.15) is 12.4 Å². The number of hydrogen-bond acceptors (Lipinski definition) is 3. The van der Waals surface area contributed by atoms with Crippen LogP contribution in [0.5, 0.6) is 0 Å². The number of guanidine groups is 1. The van der Waals surface area contributed by atoms with Crippen LogP contribution in [0.2, 0.25) is 0 Å². The predicted molar refractivity (Wildman–Crippen MR) is 133 cm³/mol.